The highest BCUT2D eigenvalue weighted by Gasteiger charge is 2.11. The molecule has 0 spiro atoms. The fraction of sp³-hybridized carbons (Fsp3) is 0.455. The van der Waals surface area contributed by atoms with Crippen molar-refractivity contribution in [3.63, 3.8) is 0 Å². The molecule has 0 saturated carbocycles. The molecule has 0 aliphatic carbocycles. The van der Waals surface area contributed by atoms with Gasteiger partial charge in [-0.3, -0.25) is 0 Å². The Kier molecular flexibility index (Phi) is 3.03. The van der Waals surface area contributed by atoms with Gasteiger partial charge in [-0.2, -0.15) is 9.67 Å². The lowest BCUT2D eigenvalue weighted by Crippen LogP contribution is -2.08. The molecule has 6 nitrogen and oxygen atoms in total. The van der Waals surface area contributed by atoms with Crippen molar-refractivity contribution in [2.24, 2.45) is 0 Å². The van der Waals surface area contributed by atoms with Crippen LogP contribution in [0.25, 0.3) is 5.95 Å². The van der Waals surface area contributed by atoms with Crippen LogP contribution in [0.5, 0.6) is 0 Å². The van der Waals surface area contributed by atoms with Crippen LogP contribution in [-0.4, -0.2) is 24.7 Å². The zero-order valence-electron chi connectivity index (χ0n) is 10.3. The Hall–Kier alpha value is -1.98. The maximum atomic E-state index is 5.81. The van der Waals surface area contributed by atoms with E-state index in [1.165, 1.54) is 4.68 Å². The maximum Gasteiger partial charge on any atom is 0.254 e. The number of aromatic nitrogens is 5. The minimum absolute atomic E-state index is 0.332. The van der Waals surface area contributed by atoms with Crippen LogP contribution < -0.4 is 5.73 Å². The SMILES string of the molecule is CCCc1nc(N)n(-c2nc(C)cc(C)n2)n1. The van der Waals surface area contributed by atoms with Crippen molar-refractivity contribution >= 4 is 5.95 Å². The molecular formula is C11H16N6. The summed E-state index contributed by atoms with van der Waals surface area (Å²) in [5.41, 5.74) is 7.59. The van der Waals surface area contributed by atoms with E-state index in [-0.39, 0.29) is 0 Å². The molecule has 0 fully saturated rings. The van der Waals surface area contributed by atoms with Crippen LogP contribution in [0, 0.1) is 13.8 Å². The average molecular weight is 232 g/mol. The zero-order chi connectivity index (χ0) is 12.4. The minimum Gasteiger partial charge on any atom is -0.368 e. The number of nitrogens with zero attached hydrogens (tertiary/aromatic N) is 5. The minimum atomic E-state index is 0.332. The third kappa shape index (κ3) is 2.41. The van der Waals surface area contributed by atoms with Crippen molar-refractivity contribution in [3.05, 3.63) is 23.3 Å². The van der Waals surface area contributed by atoms with Gasteiger partial charge >= 0.3 is 0 Å². The molecule has 0 saturated heterocycles. The molecule has 0 aromatic carbocycles. The van der Waals surface area contributed by atoms with Gasteiger partial charge in [0.1, 0.15) is 0 Å². The smallest absolute Gasteiger partial charge is 0.254 e. The largest absolute Gasteiger partial charge is 0.368 e. The summed E-state index contributed by atoms with van der Waals surface area (Å²) in [5.74, 6) is 1.54. The second-order valence-corrected chi connectivity index (χ2v) is 4.00. The van der Waals surface area contributed by atoms with E-state index < -0.39 is 0 Å². The van der Waals surface area contributed by atoms with Gasteiger partial charge in [-0.05, 0) is 26.3 Å². The lowest BCUT2D eigenvalue weighted by atomic mass is 10.3. The second kappa shape index (κ2) is 4.48. The van der Waals surface area contributed by atoms with Crippen molar-refractivity contribution in [3.8, 4) is 5.95 Å². The molecule has 0 radical (unpaired) electrons. The Morgan fingerprint density at radius 1 is 1.18 bits per heavy atom. The molecule has 2 aromatic heterocycles. The first-order valence-electron chi connectivity index (χ1n) is 5.64. The van der Waals surface area contributed by atoms with Crippen LogP contribution >= 0.6 is 0 Å². The summed E-state index contributed by atoms with van der Waals surface area (Å²) in [4.78, 5) is 12.8. The Morgan fingerprint density at radius 3 is 2.41 bits per heavy atom. The van der Waals surface area contributed by atoms with E-state index in [0.717, 1.165) is 30.1 Å². The summed E-state index contributed by atoms with van der Waals surface area (Å²) < 4.78 is 1.49. The van der Waals surface area contributed by atoms with Gasteiger partial charge in [0.05, 0.1) is 0 Å². The van der Waals surface area contributed by atoms with E-state index in [2.05, 4.69) is 27.0 Å². The van der Waals surface area contributed by atoms with Crippen molar-refractivity contribution < 1.29 is 0 Å². The highest BCUT2D eigenvalue weighted by Crippen LogP contribution is 2.09. The lowest BCUT2D eigenvalue weighted by molar-refractivity contribution is 0.762. The lowest BCUT2D eigenvalue weighted by Gasteiger charge is -2.02. The predicted molar refractivity (Wildman–Crippen MR) is 64.8 cm³/mol. The standard InChI is InChI=1S/C11H16N6/c1-4-5-9-15-10(12)17(16-9)11-13-7(2)6-8(3)14-11/h6H,4-5H2,1-3H3,(H2,12,15,16). The van der Waals surface area contributed by atoms with Gasteiger partial charge in [0, 0.05) is 17.8 Å². The van der Waals surface area contributed by atoms with E-state index in [1.54, 1.807) is 0 Å². The summed E-state index contributed by atoms with van der Waals surface area (Å²) in [6.07, 6.45) is 1.79. The molecule has 0 unspecified atom stereocenters. The molecule has 0 amide bonds. The number of hydrogen-bond donors (Lipinski definition) is 1. The van der Waals surface area contributed by atoms with E-state index in [0.29, 0.717) is 11.9 Å². The molecule has 0 bridgehead atoms. The van der Waals surface area contributed by atoms with Crippen LogP contribution in [-0.2, 0) is 6.42 Å². The summed E-state index contributed by atoms with van der Waals surface area (Å²) in [6, 6.07) is 1.91. The highest BCUT2D eigenvalue weighted by atomic mass is 15.4. The molecule has 6 heteroatoms. The van der Waals surface area contributed by atoms with Crippen molar-refractivity contribution in [1.29, 1.82) is 0 Å². The van der Waals surface area contributed by atoms with Crippen LogP contribution in [0.4, 0.5) is 5.95 Å². The molecule has 90 valence electrons. The fourth-order valence-corrected chi connectivity index (χ4v) is 1.65. The Labute approximate surface area is 99.9 Å². The van der Waals surface area contributed by atoms with Gasteiger partial charge in [0.2, 0.25) is 5.95 Å². The molecule has 0 atom stereocenters. The molecule has 17 heavy (non-hydrogen) atoms. The number of anilines is 1. The van der Waals surface area contributed by atoms with Crippen LogP contribution in [0.2, 0.25) is 0 Å². The van der Waals surface area contributed by atoms with E-state index in [4.69, 9.17) is 5.73 Å². The average Bonchev–Trinajstić information content (AvgIpc) is 2.58. The molecule has 0 aliphatic rings. The Balaban J connectivity index is 2.44. The van der Waals surface area contributed by atoms with Crippen molar-refractivity contribution in [2.75, 3.05) is 5.73 Å². The van der Waals surface area contributed by atoms with Gasteiger partial charge in [0.25, 0.3) is 5.95 Å². The summed E-state index contributed by atoms with van der Waals surface area (Å²) in [6.45, 7) is 5.90. The molecule has 2 rings (SSSR count). The first-order valence-corrected chi connectivity index (χ1v) is 5.64. The van der Waals surface area contributed by atoms with Gasteiger partial charge in [-0.25, -0.2) is 9.97 Å². The van der Waals surface area contributed by atoms with Crippen molar-refractivity contribution in [2.45, 2.75) is 33.6 Å². The van der Waals surface area contributed by atoms with Crippen LogP contribution in [0.1, 0.15) is 30.6 Å². The first-order chi connectivity index (χ1) is 8.10. The van der Waals surface area contributed by atoms with Crippen LogP contribution in [0.3, 0.4) is 0 Å². The molecule has 2 heterocycles. The maximum absolute atomic E-state index is 5.81. The van der Waals surface area contributed by atoms with E-state index >= 15 is 0 Å². The quantitative estimate of drug-likeness (QED) is 0.860. The zero-order valence-corrected chi connectivity index (χ0v) is 10.3. The molecule has 0 aliphatic heterocycles. The number of aryl methyl sites for hydroxylation is 3. The van der Waals surface area contributed by atoms with Gasteiger partial charge in [0.15, 0.2) is 5.82 Å². The predicted octanol–water partition coefficient (Wildman–Crippen LogP) is 1.21. The molecular weight excluding hydrogens is 216 g/mol. The van der Waals surface area contributed by atoms with Gasteiger partial charge in [-0.1, -0.05) is 6.92 Å². The first kappa shape index (κ1) is 11.5. The topological polar surface area (TPSA) is 82.5 Å². The Bertz CT molecular complexity index is 511. The number of rotatable bonds is 3. The number of hydrogen-bond acceptors (Lipinski definition) is 5. The van der Waals surface area contributed by atoms with E-state index in [9.17, 15) is 0 Å². The molecule has 2 N–H and O–H groups in total. The van der Waals surface area contributed by atoms with Crippen molar-refractivity contribution in [1.82, 2.24) is 24.7 Å². The number of nitrogens with two attached hydrogens (primary N) is 1. The third-order valence-corrected chi connectivity index (χ3v) is 2.31. The van der Waals surface area contributed by atoms with Gasteiger partial charge < -0.3 is 5.73 Å². The van der Waals surface area contributed by atoms with Crippen LogP contribution in [0.15, 0.2) is 6.07 Å². The number of nitrogen functional groups attached to an aromatic ring is 1. The summed E-state index contributed by atoms with van der Waals surface area (Å²) in [5, 5.41) is 4.31. The second-order valence-electron chi connectivity index (χ2n) is 4.00. The third-order valence-electron chi connectivity index (χ3n) is 2.31. The normalized spacial score (nSPS) is 10.8. The van der Waals surface area contributed by atoms with Gasteiger partial charge in [-0.15, -0.1) is 5.10 Å². The highest BCUT2D eigenvalue weighted by molar-refractivity contribution is 5.28. The summed E-state index contributed by atoms with van der Waals surface area (Å²) >= 11 is 0. The molecule has 2 aromatic rings. The van der Waals surface area contributed by atoms with E-state index in [1.807, 2.05) is 19.9 Å². The fourth-order valence-electron chi connectivity index (χ4n) is 1.65. The monoisotopic (exact) mass is 232 g/mol. The Morgan fingerprint density at radius 2 is 1.82 bits per heavy atom. The summed E-state index contributed by atoms with van der Waals surface area (Å²) in [7, 11) is 0.